The van der Waals surface area contributed by atoms with Crippen LogP contribution in [0.2, 0.25) is 0 Å². The SMILES string of the molecule is Cc1c(Br)cc([N+](=O)[O-])cc1CCl. The predicted molar refractivity (Wildman–Crippen MR) is 55.1 cm³/mol. The summed E-state index contributed by atoms with van der Waals surface area (Å²) in [6, 6.07) is 2.97. The highest BCUT2D eigenvalue weighted by atomic mass is 79.9. The maximum absolute atomic E-state index is 10.5. The number of halogens is 2. The van der Waals surface area contributed by atoms with Crippen molar-refractivity contribution in [2.75, 3.05) is 0 Å². The minimum Gasteiger partial charge on any atom is -0.258 e. The third kappa shape index (κ3) is 2.19. The van der Waals surface area contributed by atoms with E-state index in [0.717, 1.165) is 15.6 Å². The molecule has 0 unspecified atom stereocenters. The van der Waals surface area contributed by atoms with E-state index in [-0.39, 0.29) is 11.6 Å². The minimum atomic E-state index is -0.430. The normalized spacial score (nSPS) is 10.1. The van der Waals surface area contributed by atoms with E-state index in [4.69, 9.17) is 11.6 Å². The molecule has 0 atom stereocenters. The molecule has 3 nitrogen and oxygen atoms in total. The molecule has 0 amide bonds. The van der Waals surface area contributed by atoms with Crippen LogP contribution in [-0.2, 0) is 5.88 Å². The first kappa shape index (κ1) is 10.5. The van der Waals surface area contributed by atoms with Gasteiger partial charge in [0.1, 0.15) is 0 Å². The lowest BCUT2D eigenvalue weighted by Gasteiger charge is -2.03. The first-order valence-corrected chi connectivity index (χ1v) is 4.88. The average Bonchev–Trinajstić information content (AvgIpc) is 2.09. The highest BCUT2D eigenvalue weighted by molar-refractivity contribution is 9.10. The van der Waals surface area contributed by atoms with Crippen molar-refractivity contribution in [2.45, 2.75) is 12.8 Å². The van der Waals surface area contributed by atoms with E-state index in [1.807, 2.05) is 6.92 Å². The van der Waals surface area contributed by atoms with E-state index < -0.39 is 4.92 Å². The topological polar surface area (TPSA) is 43.1 Å². The Morgan fingerprint density at radius 3 is 2.69 bits per heavy atom. The Morgan fingerprint density at radius 2 is 2.23 bits per heavy atom. The van der Waals surface area contributed by atoms with Gasteiger partial charge in [0, 0.05) is 22.5 Å². The molecule has 0 saturated heterocycles. The van der Waals surface area contributed by atoms with Gasteiger partial charge in [0.15, 0.2) is 0 Å². The molecule has 0 fully saturated rings. The van der Waals surface area contributed by atoms with Gasteiger partial charge in [0.2, 0.25) is 0 Å². The summed E-state index contributed by atoms with van der Waals surface area (Å²) in [6.45, 7) is 1.87. The molecular formula is C8H7BrClNO2. The van der Waals surface area contributed by atoms with Crippen molar-refractivity contribution in [3.05, 3.63) is 37.8 Å². The quantitative estimate of drug-likeness (QED) is 0.467. The standard InChI is InChI=1S/C8H7BrClNO2/c1-5-6(4-10)2-7(11(12)13)3-8(5)9/h2-3H,4H2,1H3. The number of rotatable bonds is 2. The fraction of sp³-hybridized carbons (Fsp3) is 0.250. The first-order chi connectivity index (χ1) is 6.06. The second-order valence-electron chi connectivity index (χ2n) is 2.60. The van der Waals surface area contributed by atoms with Gasteiger partial charge in [-0.25, -0.2) is 0 Å². The van der Waals surface area contributed by atoms with Crippen molar-refractivity contribution in [3.8, 4) is 0 Å². The molecule has 0 aliphatic rings. The van der Waals surface area contributed by atoms with Crippen LogP contribution in [0.25, 0.3) is 0 Å². The van der Waals surface area contributed by atoms with Gasteiger partial charge < -0.3 is 0 Å². The fourth-order valence-electron chi connectivity index (χ4n) is 0.964. The van der Waals surface area contributed by atoms with Gasteiger partial charge in [-0.3, -0.25) is 10.1 Å². The number of nitrogens with zero attached hydrogens (tertiary/aromatic N) is 1. The number of nitro benzene ring substituents is 1. The molecule has 0 radical (unpaired) electrons. The zero-order valence-electron chi connectivity index (χ0n) is 6.88. The van der Waals surface area contributed by atoms with E-state index in [9.17, 15) is 10.1 Å². The van der Waals surface area contributed by atoms with Crippen LogP contribution >= 0.6 is 27.5 Å². The summed E-state index contributed by atoms with van der Waals surface area (Å²) in [5, 5.41) is 10.5. The molecule has 1 rings (SSSR count). The molecule has 1 aromatic carbocycles. The lowest BCUT2D eigenvalue weighted by Crippen LogP contribution is -1.93. The molecule has 13 heavy (non-hydrogen) atoms. The van der Waals surface area contributed by atoms with E-state index in [1.165, 1.54) is 12.1 Å². The molecule has 0 heterocycles. The van der Waals surface area contributed by atoms with Crippen molar-refractivity contribution in [1.82, 2.24) is 0 Å². The fourth-order valence-corrected chi connectivity index (χ4v) is 1.73. The third-order valence-corrected chi connectivity index (χ3v) is 2.90. The largest absolute Gasteiger partial charge is 0.270 e. The molecule has 70 valence electrons. The Kier molecular flexibility index (Phi) is 3.27. The predicted octanol–water partition coefficient (Wildman–Crippen LogP) is 3.40. The molecule has 1 aromatic rings. The van der Waals surface area contributed by atoms with Crippen molar-refractivity contribution in [1.29, 1.82) is 0 Å². The summed E-state index contributed by atoms with van der Waals surface area (Å²) in [7, 11) is 0. The minimum absolute atomic E-state index is 0.0631. The van der Waals surface area contributed by atoms with Crippen LogP contribution in [0.3, 0.4) is 0 Å². The molecule has 0 spiro atoms. The van der Waals surface area contributed by atoms with Gasteiger partial charge in [0.25, 0.3) is 5.69 Å². The number of nitro groups is 1. The summed E-state index contributed by atoms with van der Waals surface area (Å²) >= 11 is 8.88. The molecule has 0 aliphatic carbocycles. The first-order valence-electron chi connectivity index (χ1n) is 3.55. The molecule has 0 bridgehead atoms. The number of non-ortho nitro benzene ring substituents is 1. The molecule has 0 aromatic heterocycles. The van der Waals surface area contributed by atoms with E-state index in [2.05, 4.69) is 15.9 Å². The van der Waals surface area contributed by atoms with E-state index >= 15 is 0 Å². The second-order valence-corrected chi connectivity index (χ2v) is 3.72. The maximum Gasteiger partial charge on any atom is 0.270 e. The molecule has 5 heteroatoms. The van der Waals surface area contributed by atoms with Crippen molar-refractivity contribution < 1.29 is 4.92 Å². The van der Waals surface area contributed by atoms with E-state index in [1.54, 1.807) is 0 Å². The summed E-state index contributed by atoms with van der Waals surface area (Å²) in [5.74, 6) is 0.284. The van der Waals surface area contributed by atoms with Crippen LogP contribution in [0.4, 0.5) is 5.69 Å². The van der Waals surface area contributed by atoms with Crippen molar-refractivity contribution in [2.24, 2.45) is 0 Å². The number of benzene rings is 1. The molecule has 0 N–H and O–H groups in total. The zero-order valence-corrected chi connectivity index (χ0v) is 9.22. The van der Waals surface area contributed by atoms with Gasteiger partial charge in [0.05, 0.1) is 4.92 Å². The van der Waals surface area contributed by atoms with Crippen LogP contribution in [-0.4, -0.2) is 4.92 Å². The van der Waals surface area contributed by atoms with Crippen LogP contribution in [0.5, 0.6) is 0 Å². The third-order valence-electron chi connectivity index (χ3n) is 1.79. The summed E-state index contributed by atoms with van der Waals surface area (Å²) in [4.78, 5) is 10.0. The van der Waals surface area contributed by atoms with Crippen molar-refractivity contribution in [3.63, 3.8) is 0 Å². The maximum atomic E-state index is 10.5. The van der Waals surface area contributed by atoms with E-state index in [0.29, 0.717) is 0 Å². The van der Waals surface area contributed by atoms with Gasteiger partial charge >= 0.3 is 0 Å². The smallest absolute Gasteiger partial charge is 0.258 e. The Bertz CT molecular complexity index is 354. The summed E-state index contributed by atoms with van der Waals surface area (Å²) in [5.41, 5.74) is 1.79. The summed E-state index contributed by atoms with van der Waals surface area (Å²) < 4.78 is 0.720. The number of hydrogen-bond acceptors (Lipinski definition) is 2. The van der Waals surface area contributed by atoms with Crippen LogP contribution in [0.1, 0.15) is 11.1 Å². The zero-order chi connectivity index (χ0) is 10.0. The highest BCUT2D eigenvalue weighted by Crippen LogP contribution is 2.27. The number of alkyl halides is 1. The van der Waals surface area contributed by atoms with Crippen LogP contribution in [0.15, 0.2) is 16.6 Å². The Balaban J connectivity index is 3.30. The lowest BCUT2D eigenvalue weighted by atomic mass is 10.1. The molecule has 0 aliphatic heterocycles. The van der Waals surface area contributed by atoms with Gasteiger partial charge in [-0.2, -0.15) is 0 Å². The Hall–Kier alpha value is -0.610. The Morgan fingerprint density at radius 1 is 1.62 bits per heavy atom. The van der Waals surface area contributed by atoms with Gasteiger partial charge in [-0.15, -0.1) is 11.6 Å². The Labute approximate surface area is 89.0 Å². The number of hydrogen-bond donors (Lipinski definition) is 0. The van der Waals surface area contributed by atoms with Crippen LogP contribution < -0.4 is 0 Å². The molecular weight excluding hydrogens is 257 g/mol. The second kappa shape index (κ2) is 4.07. The highest BCUT2D eigenvalue weighted by Gasteiger charge is 2.11. The summed E-state index contributed by atoms with van der Waals surface area (Å²) in [6.07, 6.45) is 0. The average molecular weight is 265 g/mol. The lowest BCUT2D eigenvalue weighted by molar-refractivity contribution is -0.385. The van der Waals surface area contributed by atoms with Crippen molar-refractivity contribution >= 4 is 33.2 Å². The van der Waals surface area contributed by atoms with Gasteiger partial charge in [-0.1, -0.05) is 15.9 Å². The monoisotopic (exact) mass is 263 g/mol. The van der Waals surface area contributed by atoms with Gasteiger partial charge in [-0.05, 0) is 18.1 Å². The molecule has 0 saturated carbocycles. The van der Waals surface area contributed by atoms with Crippen LogP contribution in [0, 0.1) is 17.0 Å².